The Hall–Kier alpha value is -3.52. The first-order valence-electron chi connectivity index (χ1n) is 10.6. The topological polar surface area (TPSA) is 80.2 Å². The molecule has 2 aromatic heterocycles. The fourth-order valence-corrected chi connectivity index (χ4v) is 4.84. The zero-order valence-electron chi connectivity index (χ0n) is 17.7. The predicted octanol–water partition coefficient (Wildman–Crippen LogP) is 4.62. The molecule has 0 radical (unpaired) electrons. The van der Waals surface area contributed by atoms with E-state index in [9.17, 15) is 4.79 Å². The van der Waals surface area contributed by atoms with E-state index >= 15 is 0 Å². The molecule has 5 rings (SSSR count). The van der Waals surface area contributed by atoms with E-state index in [1.165, 1.54) is 11.3 Å². The summed E-state index contributed by atoms with van der Waals surface area (Å²) in [6, 6.07) is 17.7. The SMILES string of the molecule is COc1ccc(-c2cc(N3CCCC(C(=O)Nc4nc5ccccc5s4)C3)ncn2)cc1. The van der Waals surface area contributed by atoms with Crippen LogP contribution in [0, 0.1) is 5.92 Å². The van der Waals surface area contributed by atoms with Crippen molar-refractivity contribution in [2.45, 2.75) is 12.8 Å². The minimum atomic E-state index is -0.116. The number of anilines is 2. The summed E-state index contributed by atoms with van der Waals surface area (Å²) in [5.41, 5.74) is 2.75. The second kappa shape index (κ2) is 8.92. The second-order valence-corrected chi connectivity index (χ2v) is 8.78. The summed E-state index contributed by atoms with van der Waals surface area (Å²) in [5.74, 6) is 1.54. The molecule has 7 nitrogen and oxygen atoms in total. The summed E-state index contributed by atoms with van der Waals surface area (Å²) in [6.45, 7) is 1.49. The van der Waals surface area contributed by atoms with Gasteiger partial charge in [0.25, 0.3) is 0 Å². The molecule has 3 heterocycles. The van der Waals surface area contributed by atoms with E-state index in [2.05, 4.69) is 25.2 Å². The molecule has 0 bridgehead atoms. The molecule has 0 spiro atoms. The molecule has 2 aromatic carbocycles. The Kier molecular flexibility index (Phi) is 5.68. The van der Waals surface area contributed by atoms with Gasteiger partial charge in [0.1, 0.15) is 17.9 Å². The van der Waals surface area contributed by atoms with Gasteiger partial charge in [-0.15, -0.1) is 0 Å². The summed E-state index contributed by atoms with van der Waals surface area (Å²) in [5, 5.41) is 3.67. The molecule has 1 aliphatic heterocycles. The van der Waals surface area contributed by atoms with Crippen molar-refractivity contribution >= 4 is 38.4 Å². The van der Waals surface area contributed by atoms with Crippen LogP contribution in [0.3, 0.4) is 0 Å². The number of para-hydroxylation sites is 1. The number of carbonyl (C=O) groups is 1. The molecule has 1 amide bonds. The summed E-state index contributed by atoms with van der Waals surface area (Å²) >= 11 is 1.50. The largest absolute Gasteiger partial charge is 0.497 e. The third kappa shape index (κ3) is 4.27. The van der Waals surface area contributed by atoms with Gasteiger partial charge in [-0.2, -0.15) is 0 Å². The third-order valence-corrected chi connectivity index (χ3v) is 6.63. The predicted molar refractivity (Wildman–Crippen MR) is 127 cm³/mol. The molecular weight excluding hydrogens is 422 g/mol. The van der Waals surface area contributed by atoms with Gasteiger partial charge in [-0.25, -0.2) is 15.0 Å². The molecule has 4 aromatic rings. The molecule has 1 fully saturated rings. The second-order valence-electron chi connectivity index (χ2n) is 7.75. The van der Waals surface area contributed by atoms with Gasteiger partial charge in [0.05, 0.1) is 28.9 Å². The highest BCUT2D eigenvalue weighted by molar-refractivity contribution is 7.22. The average molecular weight is 446 g/mol. The normalized spacial score (nSPS) is 16.2. The van der Waals surface area contributed by atoms with Gasteiger partial charge < -0.3 is 15.0 Å². The van der Waals surface area contributed by atoms with E-state index in [4.69, 9.17) is 4.74 Å². The van der Waals surface area contributed by atoms with Crippen LogP contribution in [0.25, 0.3) is 21.5 Å². The molecule has 1 aliphatic rings. The van der Waals surface area contributed by atoms with Gasteiger partial charge >= 0.3 is 0 Å². The van der Waals surface area contributed by atoms with Crippen molar-refractivity contribution in [3.05, 3.63) is 60.9 Å². The Bertz CT molecular complexity index is 1210. The van der Waals surface area contributed by atoms with Crippen molar-refractivity contribution in [3.8, 4) is 17.0 Å². The number of benzene rings is 2. The Morgan fingerprint density at radius 2 is 2.00 bits per heavy atom. The molecule has 0 aliphatic carbocycles. The number of nitrogens with one attached hydrogen (secondary N) is 1. The Labute approximate surface area is 190 Å². The lowest BCUT2D eigenvalue weighted by Gasteiger charge is -2.32. The van der Waals surface area contributed by atoms with Crippen molar-refractivity contribution in [3.63, 3.8) is 0 Å². The zero-order chi connectivity index (χ0) is 21.9. The quantitative estimate of drug-likeness (QED) is 0.483. The van der Waals surface area contributed by atoms with Gasteiger partial charge in [-0.05, 0) is 49.2 Å². The van der Waals surface area contributed by atoms with Crippen LogP contribution in [0.4, 0.5) is 10.9 Å². The number of fused-ring (bicyclic) bond motifs is 1. The Morgan fingerprint density at radius 3 is 2.81 bits per heavy atom. The van der Waals surface area contributed by atoms with Crippen LogP contribution in [0.1, 0.15) is 12.8 Å². The smallest absolute Gasteiger partial charge is 0.231 e. The van der Waals surface area contributed by atoms with E-state index in [-0.39, 0.29) is 11.8 Å². The summed E-state index contributed by atoms with van der Waals surface area (Å²) in [6.07, 6.45) is 3.36. The highest BCUT2D eigenvalue weighted by Gasteiger charge is 2.27. The number of hydrogen-bond acceptors (Lipinski definition) is 7. The highest BCUT2D eigenvalue weighted by Crippen LogP contribution is 2.29. The molecule has 1 atom stereocenters. The van der Waals surface area contributed by atoms with Crippen molar-refractivity contribution < 1.29 is 9.53 Å². The number of amides is 1. The van der Waals surface area contributed by atoms with Crippen LogP contribution >= 0.6 is 11.3 Å². The van der Waals surface area contributed by atoms with Gasteiger partial charge in [0.2, 0.25) is 5.91 Å². The summed E-state index contributed by atoms with van der Waals surface area (Å²) in [4.78, 5) is 28.6. The van der Waals surface area contributed by atoms with Gasteiger partial charge in [-0.1, -0.05) is 23.5 Å². The van der Waals surface area contributed by atoms with Crippen LogP contribution in [0.5, 0.6) is 5.75 Å². The lowest BCUT2D eigenvalue weighted by Crippen LogP contribution is -2.41. The van der Waals surface area contributed by atoms with Crippen molar-refractivity contribution in [2.24, 2.45) is 5.92 Å². The third-order valence-electron chi connectivity index (χ3n) is 5.68. The lowest BCUT2D eigenvalue weighted by molar-refractivity contribution is -0.120. The van der Waals surface area contributed by atoms with Gasteiger partial charge in [0.15, 0.2) is 5.13 Å². The molecular formula is C24H23N5O2S. The number of carbonyl (C=O) groups excluding carboxylic acids is 1. The van der Waals surface area contributed by atoms with Crippen LogP contribution in [-0.2, 0) is 4.79 Å². The minimum absolute atomic E-state index is 0.0122. The van der Waals surface area contributed by atoms with Crippen LogP contribution in [0.2, 0.25) is 0 Å². The molecule has 1 N–H and O–H groups in total. The van der Waals surface area contributed by atoms with E-state index in [0.717, 1.165) is 52.4 Å². The number of thiazole rings is 1. The zero-order valence-corrected chi connectivity index (χ0v) is 18.5. The monoisotopic (exact) mass is 445 g/mol. The molecule has 1 saturated heterocycles. The van der Waals surface area contributed by atoms with Crippen molar-refractivity contribution in [1.82, 2.24) is 15.0 Å². The Balaban J connectivity index is 1.29. The highest BCUT2D eigenvalue weighted by atomic mass is 32.1. The molecule has 32 heavy (non-hydrogen) atoms. The maximum atomic E-state index is 13.0. The van der Waals surface area contributed by atoms with Crippen LogP contribution in [-0.4, -0.2) is 41.1 Å². The number of piperidine rings is 1. The van der Waals surface area contributed by atoms with Crippen LogP contribution in [0.15, 0.2) is 60.9 Å². The molecule has 0 saturated carbocycles. The fourth-order valence-electron chi connectivity index (χ4n) is 3.97. The molecule has 1 unspecified atom stereocenters. The molecule has 162 valence electrons. The van der Waals surface area contributed by atoms with Crippen LogP contribution < -0.4 is 15.0 Å². The van der Waals surface area contributed by atoms with E-state index in [0.29, 0.717) is 11.7 Å². The van der Waals surface area contributed by atoms with E-state index in [1.807, 2.05) is 54.6 Å². The minimum Gasteiger partial charge on any atom is -0.497 e. The van der Waals surface area contributed by atoms with Gasteiger partial charge in [0, 0.05) is 24.7 Å². The van der Waals surface area contributed by atoms with Crippen molar-refractivity contribution in [1.29, 1.82) is 0 Å². The first kappa shape index (κ1) is 20.4. The average Bonchev–Trinajstić information content (AvgIpc) is 3.26. The lowest BCUT2D eigenvalue weighted by atomic mass is 9.97. The summed E-state index contributed by atoms with van der Waals surface area (Å²) in [7, 11) is 1.65. The molecule has 8 heteroatoms. The van der Waals surface area contributed by atoms with Gasteiger partial charge in [-0.3, -0.25) is 4.79 Å². The first-order valence-corrected chi connectivity index (χ1v) is 11.4. The standard InChI is InChI=1S/C24H23N5O2S/c1-31-18-10-8-16(9-11-18)20-13-22(26-15-25-20)29-12-4-5-17(14-29)23(30)28-24-27-19-6-2-3-7-21(19)32-24/h2-3,6-11,13,15,17H,4-5,12,14H2,1H3,(H,27,28,30). The van der Waals surface area contributed by atoms with Crippen molar-refractivity contribution in [2.75, 3.05) is 30.4 Å². The maximum Gasteiger partial charge on any atom is 0.231 e. The summed E-state index contributed by atoms with van der Waals surface area (Å²) < 4.78 is 6.30. The number of methoxy groups -OCH3 is 1. The number of nitrogens with zero attached hydrogens (tertiary/aromatic N) is 4. The number of hydrogen-bond donors (Lipinski definition) is 1. The number of ether oxygens (including phenoxy) is 1. The first-order chi connectivity index (χ1) is 15.7. The van der Waals surface area contributed by atoms with E-state index < -0.39 is 0 Å². The number of aromatic nitrogens is 3. The number of rotatable bonds is 5. The maximum absolute atomic E-state index is 13.0. The Morgan fingerprint density at radius 1 is 1.16 bits per heavy atom. The van der Waals surface area contributed by atoms with E-state index in [1.54, 1.807) is 13.4 Å². The fraction of sp³-hybridized carbons (Fsp3) is 0.250.